The maximum atomic E-state index is 13.5. The van der Waals surface area contributed by atoms with Crippen molar-refractivity contribution >= 4 is 18.3 Å². The normalized spacial score (nSPS) is 22.9. The van der Waals surface area contributed by atoms with E-state index in [9.17, 15) is 9.18 Å². The Morgan fingerprint density at radius 3 is 2.83 bits per heavy atom. The smallest absolute Gasteiger partial charge is 0.240 e. The summed E-state index contributed by atoms with van der Waals surface area (Å²) in [6.45, 7) is 0. The standard InChI is InChI=1S/C13H15FN2O.ClH/c14-10-3-1-2-9-8(10)4-5-11(9)16-12(17)13(15)6-7-13;/h1-3,11H,4-7,15H2,(H,16,17);1H. The Hall–Kier alpha value is -1.13. The molecule has 0 radical (unpaired) electrons. The first-order chi connectivity index (χ1) is 8.10. The Labute approximate surface area is 111 Å². The van der Waals surface area contributed by atoms with Gasteiger partial charge in [-0.1, -0.05) is 12.1 Å². The molecule has 0 aromatic heterocycles. The van der Waals surface area contributed by atoms with Crippen molar-refractivity contribution in [3.05, 3.63) is 35.1 Å². The van der Waals surface area contributed by atoms with E-state index >= 15 is 0 Å². The molecule has 5 heteroatoms. The van der Waals surface area contributed by atoms with Crippen LogP contribution in [0.1, 0.15) is 36.4 Å². The summed E-state index contributed by atoms with van der Waals surface area (Å²) < 4.78 is 13.5. The average molecular weight is 271 g/mol. The molecule has 2 aliphatic carbocycles. The number of fused-ring (bicyclic) bond motifs is 1. The molecule has 98 valence electrons. The number of carbonyl (C=O) groups is 1. The molecule has 0 heterocycles. The zero-order valence-corrected chi connectivity index (χ0v) is 10.7. The second-order valence-electron chi connectivity index (χ2n) is 5.03. The van der Waals surface area contributed by atoms with Crippen LogP contribution in [0.15, 0.2) is 18.2 Å². The van der Waals surface area contributed by atoms with Crippen LogP contribution in [0.4, 0.5) is 4.39 Å². The van der Waals surface area contributed by atoms with Gasteiger partial charge in [0.25, 0.3) is 0 Å². The van der Waals surface area contributed by atoms with Crippen molar-refractivity contribution in [3.63, 3.8) is 0 Å². The third kappa shape index (κ3) is 2.10. The van der Waals surface area contributed by atoms with Crippen molar-refractivity contribution in [2.45, 2.75) is 37.3 Å². The van der Waals surface area contributed by atoms with Gasteiger partial charge in [0.2, 0.25) is 5.91 Å². The molecule has 18 heavy (non-hydrogen) atoms. The largest absolute Gasteiger partial charge is 0.348 e. The third-order valence-corrected chi connectivity index (χ3v) is 3.76. The molecule has 1 aromatic rings. The maximum Gasteiger partial charge on any atom is 0.240 e. The summed E-state index contributed by atoms with van der Waals surface area (Å²) in [7, 11) is 0. The molecular formula is C13H16ClFN2O. The van der Waals surface area contributed by atoms with Crippen LogP contribution >= 0.6 is 12.4 Å². The maximum absolute atomic E-state index is 13.5. The Bertz CT molecular complexity index is 488. The fourth-order valence-electron chi connectivity index (χ4n) is 2.42. The van der Waals surface area contributed by atoms with Crippen LogP contribution in [0.2, 0.25) is 0 Å². The molecule has 3 rings (SSSR count). The van der Waals surface area contributed by atoms with Crippen LogP contribution in [0, 0.1) is 5.82 Å². The van der Waals surface area contributed by atoms with E-state index in [4.69, 9.17) is 5.73 Å². The molecule has 2 aliphatic rings. The number of nitrogens with two attached hydrogens (primary N) is 1. The highest BCUT2D eigenvalue weighted by Crippen LogP contribution is 2.36. The number of rotatable bonds is 2. The molecule has 1 amide bonds. The van der Waals surface area contributed by atoms with Gasteiger partial charge in [0.15, 0.2) is 0 Å². The minimum Gasteiger partial charge on any atom is -0.348 e. The van der Waals surface area contributed by atoms with Crippen LogP contribution in [-0.2, 0) is 11.2 Å². The lowest BCUT2D eigenvalue weighted by atomic mass is 10.1. The average Bonchev–Trinajstić information content (AvgIpc) is 2.92. The molecule has 0 spiro atoms. The number of halogens is 2. The van der Waals surface area contributed by atoms with Crippen molar-refractivity contribution in [1.29, 1.82) is 0 Å². The number of benzene rings is 1. The summed E-state index contributed by atoms with van der Waals surface area (Å²) in [5.41, 5.74) is 6.82. The van der Waals surface area contributed by atoms with E-state index < -0.39 is 5.54 Å². The lowest BCUT2D eigenvalue weighted by Gasteiger charge is -2.17. The predicted molar refractivity (Wildman–Crippen MR) is 69.0 cm³/mol. The fourth-order valence-corrected chi connectivity index (χ4v) is 2.42. The minimum absolute atomic E-state index is 0. The molecule has 1 atom stereocenters. The number of hydrogen-bond acceptors (Lipinski definition) is 2. The highest BCUT2D eigenvalue weighted by Gasteiger charge is 2.46. The quantitative estimate of drug-likeness (QED) is 0.862. The Balaban J connectivity index is 0.00000120. The summed E-state index contributed by atoms with van der Waals surface area (Å²) in [6.07, 6.45) is 2.95. The number of carbonyl (C=O) groups excluding carboxylic acids is 1. The Morgan fingerprint density at radius 2 is 2.17 bits per heavy atom. The summed E-state index contributed by atoms with van der Waals surface area (Å²) >= 11 is 0. The number of hydrogen-bond donors (Lipinski definition) is 2. The van der Waals surface area contributed by atoms with Crippen LogP contribution < -0.4 is 11.1 Å². The lowest BCUT2D eigenvalue weighted by Crippen LogP contribution is -2.43. The van der Waals surface area contributed by atoms with Crippen molar-refractivity contribution in [2.75, 3.05) is 0 Å². The predicted octanol–water partition coefficient (Wildman–Crippen LogP) is 1.84. The molecule has 1 saturated carbocycles. The fraction of sp³-hybridized carbons (Fsp3) is 0.462. The van der Waals surface area contributed by atoms with Crippen molar-refractivity contribution < 1.29 is 9.18 Å². The second-order valence-corrected chi connectivity index (χ2v) is 5.03. The van der Waals surface area contributed by atoms with Gasteiger partial charge >= 0.3 is 0 Å². The zero-order chi connectivity index (χ0) is 12.0. The van der Waals surface area contributed by atoms with E-state index in [0.29, 0.717) is 6.42 Å². The summed E-state index contributed by atoms with van der Waals surface area (Å²) in [5.74, 6) is -0.271. The molecule has 1 aromatic carbocycles. The van der Waals surface area contributed by atoms with E-state index in [0.717, 1.165) is 30.4 Å². The van der Waals surface area contributed by atoms with E-state index in [1.807, 2.05) is 6.07 Å². The van der Waals surface area contributed by atoms with Gasteiger partial charge < -0.3 is 11.1 Å². The van der Waals surface area contributed by atoms with Crippen LogP contribution in [0.3, 0.4) is 0 Å². The molecule has 1 unspecified atom stereocenters. The first-order valence-electron chi connectivity index (χ1n) is 5.97. The first-order valence-corrected chi connectivity index (χ1v) is 5.97. The van der Waals surface area contributed by atoms with E-state index in [2.05, 4.69) is 5.32 Å². The van der Waals surface area contributed by atoms with Gasteiger partial charge in [-0.2, -0.15) is 0 Å². The van der Waals surface area contributed by atoms with E-state index in [1.54, 1.807) is 6.07 Å². The van der Waals surface area contributed by atoms with Gasteiger partial charge in [0, 0.05) is 0 Å². The molecular weight excluding hydrogens is 255 g/mol. The van der Waals surface area contributed by atoms with Gasteiger partial charge in [0.1, 0.15) is 5.82 Å². The molecule has 1 fully saturated rings. The van der Waals surface area contributed by atoms with Gasteiger partial charge in [-0.3, -0.25) is 4.79 Å². The Morgan fingerprint density at radius 1 is 1.44 bits per heavy atom. The van der Waals surface area contributed by atoms with E-state index in [1.165, 1.54) is 6.07 Å². The van der Waals surface area contributed by atoms with Gasteiger partial charge in [0.05, 0.1) is 11.6 Å². The zero-order valence-electron chi connectivity index (χ0n) is 9.91. The topological polar surface area (TPSA) is 55.1 Å². The van der Waals surface area contributed by atoms with Gasteiger partial charge in [-0.05, 0) is 42.9 Å². The van der Waals surface area contributed by atoms with Gasteiger partial charge in [-0.25, -0.2) is 4.39 Å². The second kappa shape index (κ2) is 4.52. The van der Waals surface area contributed by atoms with Crippen LogP contribution in [-0.4, -0.2) is 11.4 Å². The summed E-state index contributed by atoms with van der Waals surface area (Å²) in [5, 5.41) is 2.93. The molecule has 0 aliphatic heterocycles. The summed E-state index contributed by atoms with van der Waals surface area (Å²) in [4.78, 5) is 11.8. The third-order valence-electron chi connectivity index (χ3n) is 3.76. The first kappa shape index (κ1) is 13.3. The van der Waals surface area contributed by atoms with E-state index in [-0.39, 0.29) is 30.2 Å². The van der Waals surface area contributed by atoms with Crippen LogP contribution in [0.25, 0.3) is 0 Å². The summed E-state index contributed by atoms with van der Waals surface area (Å²) in [6, 6.07) is 4.96. The number of nitrogens with one attached hydrogen (secondary N) is 1. The minimum atomic E-state index is -0.657. The van der Waals surface area contributed by atoms with Crippen molar-refractivity contribution in [2.24, 2.45) is 5.73 Å². The molecule has 3 N–H and O–H groups in total. The van der Waals surface area contributed by atoms with Crippen LogP contribution in [0.5, 0.6) is 0 Å². The van der Waals surface area contributed by atoms with Crippen molar-refractivity contribution in [3.8, 4) is 0 Å². The van der Waals surface area contributed by atoms with Gasteiger partial charge in [-0.15, -0.1) is 12.4 Å². The lowest BCUT2D eigenvalue weighted by molar-refractivity contribution is -0.124. The molecule has 3 nitrogen and oxygen atoms in total. The highest BCUT2D eigenvalue weighted by atomic mass is 35.5. The number of amides is 1. The van der Waals surface area contributed by atoms with Crippen molar-refractivity contribution in [1.82, 2.24) is 5.32 Å². The Kier molecular flexibility index (Phi) is 3.34. The SMILES string of the molecule is Cl.NC1(C(=O)NC2CCc3c(F)cccc32)CC1. The molecule has 0 saturated heterocycles. The molecule has 0 bridgehead atoms. The highest BCUT2D eigenvalue weighted by molar-refractivity contribution is 5.89. The monoisotopic (exact) mass is 270 g/mol.